The molecule has 0 aromatic carbocycles. The highest BCUT2D eigenvalue weighted by atomic mass is 16.5. The third-order valence-electron chi connectivity index (χ3n) is 3.88. The number of rotatable bonds is 1. The molecular weight excluding hydrogens is 186 g/mol. The lowest BCUT2D eigenvalue weighted by atomic mass is 9.90. The molecule has 1 unspecified atom stereocenters. The van der Waals surface area contributed by atoms with Crippen LogP contribution in [0.3, 0.4) is 0 Å². The van der Waals surface area contributed by atoms with Gasteiger partial charge in [0.05, 0.1) is 5.60 Å². The molecule has 15 heavy (non-hydrogen) atoms. The van der Waals surface area contributed by atoms with Crippen LogP contribution in [0.1, 0.15) is 46.5 Å². The van der Waals surface area contributed by atoms with E-state index in [4.69, 9.17) is 4.74 Å². The molecule has 2 fully saturated rings. The van der Waals surface area contributed by atoms with Crippen molar-refractivity contribution in [1.29, 1.82) is 0 Å². The molecule has 0 saturated carbocycles. The minimum Gasteiger partial charge on any atom is -0.375 e. The zero-order valence-electron chi connectivity index (χ0n) is 10.5. The van der Waals surface area contributed by atoms with Gasteiger partial charge in [0, 0.05) is 19.2 Å². The van der Waals surface area contributed by atoms with E-state index in [1.165, 1.54) is 38.8 Å². The van der Waals surface area contributed by atoms with Crippen molar-refractivity contribution in [3.63, 3.8) is 0 Å². The van der Waals surface area contributed by atoms with E-state index in [0.717, 1.165) is 18.6 Å². The van der Waals surface area contributed by atoms with Crippen LogP contribution in [0.15, 0.2) is 0 Å². The molecule has 2 aliphatic rings. The Morgan fingerprint density at radius 1 is 1.27 bits per heavy atom. The fraction of sp³-hybridized carbons (Fsp3) is 1.00. The highest BCUT2D eigenvalue weighted by Crippen LogP contribution is 2.29. The Bertz CT molecular complexity index is 215. The second-order valence-electron chi connectivity index (χ2n) is 6.00. The minimum absolute atomic E-state index is 0.101. The zero-order chi connectivity index (χ0) is 10.9. The molecule has 2 atom stereocenters. The number of piperidine rings is 1. The highest BCUT2D eigenvalue weighted by Gasteiger charge is 2.33. The third-order valence-corrected chi connectivity index (χ3v) is 3.88. The fourth-order valence-electron chi connectivity index (χ4n) is 3.07. The van der Waals surface area contributed by atoms with Crippen LogP contribution in [0.4, 0.5) is 0 Å². The maximum absolute atomic E-state index is 5.79. The molecule has 2 saturated heterocycles. The molecule has 2 heterocycles. The smallest absolute Gasteiger partial charge is 0.0641 e. The van der Waals surface area contributed by atoms with Crippen molar-refractivity contribution in [2.45, 2.75) is 58.1 Å². The van der Waals surface area contributed by atoms with Gasteiger partial charge in [-0.05, 0) is 52.0 Å². The van der Waals surface area contributed by atoms with Gasteiger partial charge in [0.2, 0.25) is 0 Å². The van der Waals surface area contributed by atoms with E-state index in [9.17, 15) is 0 Å². The van der Waals surface area contributed by atoms with Crippen LogP contribution < -0.4 is 0 Å². The van der Waals surface area contributed by atoms with Gasteiger partial charge in [-0.2, -0.15) is 0 Å². The summed E-state index contributed by atoms with van der Waals surface area (Å²) in [5.74, 6) is 0.893. The van der Waals surface area contributed by atoms with E-state index < -0.39 is 0 Å². The van der Waals surface area contributed by atoms with Crippen LogP contribution in [0.5, 0.6) is 0 Å². The lowest BCUT2D eigenvalue weighted by Crippen LogP contribution is -2.49. The SMILES string of the molecule is C[C@@H]1CCCN(C2CCOC(C)(C)C2)C1. The Morgan fingerprint density at radius 2 is 2.07 bits per heavy atom. The van der Waals surface area contributed by atoms with Crippen molar-refractivity contribution in [2.24, 2.45) is 5.92 Å². The zero-order valence-corrected chi connectivity index (χ0v) is 10.5. The second kappa shape index (κ2) is 4.42. The summed E-state index contributed by atoms with van der Waals surface area (Å²) in [7, 11) is 0. The van der Waals surface area contributed by atoms with E-state index >= 15 is 0 Å². The Labute approximate surface area is 94.0 Å². The van der Waals surface area contributed by atoms with Crippen LogP contribution >= 0.6 is 0 Å². The predicted molar refractivity (Wildman–Crippen MR) is 63.0 cm³/mol. The summed E-state index contributed by atoms with van der Waals surface area (Å²) in [6, 6.07) is 0.775. The Morgan fingerprint density at radius 3 is 2.73 bits per heavy atom. The van der Waals surface area contributed by atoms with E-state index in [2.05, 4.69) is 25.7 Å². The van der Waals surface area contributed by atoms with Crippen LogP contribution in [0.25, 0.3) is 0 Å². The molecule has 2 nitrogen and oxygen atoms in total. The molecular formula is C13H25NO. The Balaban J connectivity index is 1.92. The topological polar surface area (TPSA) is 12.5 Å². The van der Waals surface area contributed by atoms with Gasteiger partial charge in [-0.1, -0.05) is 6.92 Å². The molecule has 2 rings (SSSR count). The maximum atomic E-state index is 5.79. The molecule has 0 aliphatic carbocycles. The number of nitrogens with zero attached hydrogens (tertiary/aromatic N) is 1. The van der Waals surface area contributed by atoms with Gasteiger partial charge in [0.25, 0.3) is 0 Å². The molecule has 2 aliphatic heterocycles. The molecule has 2 heteroatoms. The maximum Gasteiger partial charge on any atom is 0.0641 e. The largest absolute Gasteiger partial charge is 0.375 e. The first-order valence-corrected chi connectivity index (χ1v) is 6.45. The van der Waals surface area contributed by atoms with Crippen LogP contribution in [-0.4, -0.2) is 36.2 Å². The standard InChI is InChI=1S/C13H25NO/c1-11-5-4-7-14(10-11)12-6-8-15-13(2,3)9-12/h11-12H,4-10H2,1-3H3/t11-,12?/m1/s1. The summed E-state index contributed by atoms with van der Waals surface area (Å²) in [5.41, 5.74) is 0.101. The number of hydrogen-bond donors (Lipinski definition) is 0. The second-order valence-corrected chi connectivity index (χ2v) is 6.00. The first-order chi connectivity index (χ1) is 7.07. The summed E-state index contributed by atoms with van der Waals surface area (Å²) >= 11 is 0. The first kappa shape index (κ1) is 11.4. The highest BCUT2D eigenvalue weighted by molar-refractivity contribution is 4.86. The van der Waals surface area contributed by atoms with E-state index in [1.807, 2.05) is 0 Å². The summed E-state index contributed by atoms with van der Waals surface area (Å²) in [4.78, 5) is 2.71. The molecule has 0 aromatic rings. The molecule has 0 amide bonds. The summed E-state index contributed by atoms with van der Waals surface area (Å²) < 4.78 is 5.79. The fourth-order valence-corrected chi connectivity index (χ4v) is 3.07. The van der Waals surface area contributed by atoms with E-state index in [1.54, 1.807) is 0 Å². The normalized spacial score (nSPS) is 37.8. The number of ether oxygens (including phenoxy) is 1. The summed E-state index contributed by atoms with van der Waals surface area (Å²) in [6.45, 7) is 10.4. The van der Waals surface area contributed by atoms with E-state index in [0.29, 0.717) is 0 Å². The van der Waals surface area contributed by atoms with Crippen LogP contribution in [0, 0.1) is 5.92 Å². The molecule has 0 bridgehead atoms. The van der Waals surface area contributed by atoms with Crippen molar-refractivity contribution in [1.82, 2.24) is 4.90 Å². The van der Waals surface area contributed by atoms with Gasteiger partial charge in [-0.25, -0.2) is 0 Å². The first-order valence-electron chi connectivity index (χ1n) is 6.45. The van der Waals surface area contributed by atoms with Gasteiger partial charge < -0.3 is 4.74 Å². The number of hydrogen-bond acceptors (Lipinski definition) is 2. The van der Waals surface area contributed by atoms with Gasteiger partial charge in [0.15, 0.2) is 0 Å². The van der Waals surface area contributed by atoms with Crippen LogP contribution in [-0.2, 0) is 4.74 Å². The summed E-state index contributed by atoms with van der Waals surface area (Å²) in [5, 5.41) is 0. The van der Waals surface area contributed by atoms with Crippen molar-refractivity contribution in [2.75, 3.05) is 19.7 Å². The molecule has 0 radical (unpaired) electrons. The average molecular weight is 211 g/mol. The van der Waals surface area contributed by atoms with Crippen molar-refractivity contribution >= 4 is 0 Å². The summed E-state index contributed by atoms with van der Waals surface area (Å²) in [6.07, 6.45) is 5.25. The molecule has 0 spiro atoms. The number of likely N-dealkylation sites (tertiary alicyclic amines) is 1. The van der Waals surface area contributed by atoms with Gasteiger partial charge >= 0.3 is 0 Å². The van der Waals surface area contributed by atoms with E-state index in [-0.39, 0.29) is 5.60 Å². The monoisotopic (exact) mass is 211 g/mol. The quantitative estimate of drug-likeness (QED) is 0.661. The van der Waals surface area contributed by atoms with Crippen molar-refractivity contribution in [3.8, 4) is 0 Å². The van der Waals surface area contributed by atoms with Crippen molar-refractivity contribution in [3.05, 3.63) is 0 Å². The Kier molecular flexibility index (Phi) is 3.36. The minimum atomic E-state index is 0.101. The third kappa shape index (κ3) is 2.94. The molecule has 88 valence electrons. The van der Waals surface area contributed by atoms with Gasteiger partial charge in [-0.15, -0.1) is 0 Å². The van der Waals surface area contributed by atoms with Crippen molar-refractivity contribution < 1.29 is 4.74 Å². The average Bonchev–Trinajstić information content (AvgIpc) is 2.16. The van der Waals surface area contributed by atoms with Gasteiger partial charge in [0.1, 0.15) is 0 Å². The Hall–Kier alpha value is -0.0800. The lowest BCUT2D eigenvalue weighted by molar-refractivity contribution is -0.0874. The lowest BCUT2D eigenvalue weighted by Gasteiger charge is -2.44. The van der Waals surface area contributed by atoms with Crippen LogP contribution in [0.2, 0.25) is 0 Å². The molecule has 0 aromatic heterocycles. The molecule has 0 N–H and O–H groups in total. The van der Waals surface area contributed by atoms with Gasteiger partial charge in [-0.3, -0.25) is 4.90 Å². The predicted octanol–water partition coefficient (Wildman–Crippen LogP) is 2.68.